The summed E-state index contributed by atoms with van der Waals surface area (Å²) in [5, 5.41) is 16.7. The summed E-state index contributed by atoms with van der Waals surface area (Å²) in [6.45, 7) is 4.67. The van der Waals surface area contributed by atoms with E-state index >= 15 is 0 Å². The molecule has 0 bridgehead atoms. The molecule has 23 heavy (non-hydrogen) atoms. The molecule has 3 N–H and O–H groups in total. The van der Waals surface area contributed by atoms with Gasteiger partial charge in [-0.3, -0.25) is 4.79 Å². The van der Waals surface area contributed by atoms with Crippen LogP contribution in [0.25, 0.3) is 0 Å². The normalized spacial score (nSPS) is 23.0. The van der Waals surface area contributed by atoms with E-state index in [0.717, 1.165) is 24.9 Å². The second-order valence-electron chi connectivity index (χ2n) is 6.34. The summed E-state index contributed by atoms with van der Waals surface area (Å²) in [7, 11) is 1.65. The molecule has 0 saturated carbocycles. The smallest absolute Gasteiger partial charge is 0.225 e. The van der Waals surface area contributed by atoms with Crippen LogP contribution in [0.1, 0.15) is 38.4 Å². The highest BCUT2D eigenvalue weighted by molar-refractivity contribution is 5.79. The lowest BCUT2D eigenvalue weighted by molar-refractivity contribution is -0.131. The molecule has 2 rings (SSSR count). The quantitative estimate of drug-likeness (QED) is 0.714. The monoisotopic (exact) mass is 320 g/mol. The number of aliphatic hydroxyl groups excluding tert-OH is 1. The number of carbonyl (C=O) groups excluding carboxylic acids is 1. The lowest BCUT2D eigenvalue weighted by Crippen LogP contribution is -2.48. The molecule has 1 fully saturated rings. The van der Waals surface area contributed by atoms with Crippen molar-refractivity contribution in [3.05, 3.63) is 35.9 Å². The van der Waals surface area contributed by atoms with Crippen molar-refractivity contribution in [1.82, 2.24) is 10.6 Å². The van der Waals surface area contributed by atoms with E-state index in [1.54, 1.807) is 7.11 Å². The molecule has 1 aliphatic rings. The van der Waals surface area contributed by atoms with Gasteiger partial charge in [0.25, 0.3) is 0 Å². The van der Waals surface area contributed by atoms with E-state index in [1.807, 2.05) is 44.2 Å². The summed E-state index contributed by atoms with van der Waals surface area (Å²) < 4.78 is 5.56. The van der Waals surface area contributed by atoms with E-state index in [-0.39, 0.29) is 30.0 Å². The molecule has 1 saturated heterocycles. The van der Waals surface area contributed by atoms with Gasteiger partial charge < -0.3 is 20.5 Å². The zero-order chi connectivity index (χ0) is 16.8. The largest absolute Gasteiger partial charge is 0.386 e. The Kier molecular flexibility index (Phi) is 6.57. The lowest BCUT2D eigenvalue weighted by atomic mass is 9.94. The lowest BCUT2D eigenvalue weighted by Gasteiger charge is -2.29. The fraction of sp³-hybridized carbons (Fsp3) is 0.611. The number of carbonyl (C=O) groups is 1. The number of hydrogen-bond acceptors (Lipinski definition) is 4. The summed E-state index contributed by atoms with van der Waals surface area (Å²) in [6.07, 6.45) is 1.26. The number of nitrogens with one attached hydrogen (secondary N) is 2. The van der Waals surface area contributed by atoms with Crippen LogP contribution in [-0.2, 0) is 9.53 Å². The summed E-state index contributed by atoms with van der Waals surface area (Å²) in [6, 6.07) is 9.23. The third-order valence-electron chi connectivity index (χ3n) is 4.66. The van der Waals surface area contributed by atoms with Crippen LogP contribution in [0.3, 0.4) is 0 Å². The fourth-order valence-electron chi connectivity index (χ4n) is 3.23. The Morgan fingerprint density at radius 3 is 2.61 bits per heavy atom. The highest BCUT2D eigenvalue weighted by atomic mass is 16.5. The van der Waals surface area contributed by atoms with Crippen molar-refractivity contribution in [2.24, 2.45) is 5.92 Å². The Morgan fingerprint density at radius 2 is 2.04 bits per heavy atom. The maximum Gasteiger partial charge on any atom is 0.225 e. The van der Waals surface area contributed by atoms with Gasteiger partial charge in [0.1, 0.15) is 0 Å². The Morgan fingerprint density at radius 1 is 1.35 bits per heavy atom. The topological polar surface area (TPSA) is 70.6 Å². The number of amides is 1. The van der Waals surface area contributed by atoms with Gasteiger partial charge >= 0.3 is 0 Å². The molecule has 1 heterocycles. The summed E-state index contributed by atoms with van der Waals surface area (Å²) in [5.74, 6) is -0.367. The number of methoxy groups -OCH3 is 1. The molecule has 0 aromatic heterocycles. The van der Waals surface area contributed by atoms with E-state index in [4.69, 9.17) is 4.74 Å². The van der Waals surface area contributed by atoms with E-state index in [0.29, 0.717) is 0 Å². The van der Waals surface area contributed by atoms with Crippen molar-refractivity contribution in [2.75, 3.05) is 13.7 Å². The standard InChI is InChI=1S/C18H28N2O3/c1-12(17(23-3)15-10-7-11-19-15)18(22)20-13(2)16(21)14-8-5-4-6-9-14/h4-6,8-9,12-13,15-17,19,21H,7,10-11H2,1-3H3,(H,20,22)/t12-,13-,15?,16?,17?/m1/s1. The van der Waals surface area contributed by atoms with E-state index in [2.05, 4.69) is 10.6 Å². The van der Waals surface area contributed by atoms with Gasteiger partial charge in [-0.2, -0.15) is 0 Å². The highest BCUT2D eigenvalue weighted by Crippen LogP contribution is 2.20. The number of benzene rings is 1. The van der Waals surface area contributed by atoms with Gasteiger partial charge in [0.2, 0.25) is 5.91 Å². The molecule has 5 heteroatoms. The number of hydrogen-bond donors (Lipinski definition) is 3. The fourth-order valence-corrected chi connectivity index (χ4v) is 3.23. The van der Waals surface area contributed by atoms with Gasteiger partial charge in [-0.05, 0) is 31.9 Å². The third kappa shape index (κ3) is 4.53. The van der Waals surface area contributed by atoms with Crippen molar-refractivity contribution >= 4 is 5.91 Å². The third-order valence-corrected chi connectivity index (χ3v) is 4.66. The Bertz CT molecular complexity index is 488. The highest BCUT2D eigenvalue weighted by Gasteiger charge is 2.33. The second kappa shape index (κ2) is 8.43. The van der Waals surface area contributed by atoms with Gasteiger partial charge in [0, 0.05) is 13.2 Å². The van der Waals surface area contributed by atoms with E-state index in [9.17, 15) is 9.90 Å². The first kappa shape index (κ1) is 17.9. The first-order valence-corrected chi connectivity index (χ1v) is 8.34. The van der Waals surface area contributed by atoms with Crippen molar-refractivity contribution in [3.8, 4) is 0 Å². The number of rotatable bonds is 7. The summed E-state index contributed by atoms with van der Waals surface area (Å²) in [4.78, 5) is 12.5. The maximum atomic E-state index is 12.5. The number of aliphatic hydroxyl groups is 1. The zero-order valence-electron chi connectivity index (χ0n) is 14.2. The van der Waals surface area contributed by atoms with Crippen LogP contribution in [0, 0.1) is 5.92 Å². The van der Waals surface area contributed by atoms with Crippen LogP contribution in [0.2, 0.25) is 0 Å². The minimum Gasteiger partial charge on any atom is -0.386 e. The van der Waals surface area contributed by atoms with Crippen LogP contribution in [0.15, 0.2) is 30.3 Å². The van der Waals surface area contributed by atoms with Gasteiger partial charge in [-0.15, -0.1) is 0 Å². The molecule has 1 amide bonds. The summed E-state index contributed by atoms with van der Waals surface area (Å²) in [5.41, 5.74) is 0.800. The van der Waals surface area contributed by atoms with Crippen LogP contribution in [0.4, 0.5) is 0 Å². The van der Waals surface area contributed by atoms with Crippen LogP contribution >= 0.6 is 0 Å². The Balaban J connectivity index is 1.94. The first-order valence-electron chi connectivity index (χ1n) is 8.34. The van der Waals surface area contributed by atoms with E-state index in [1.165, 1.54) is 0 Å². The average molecular weight is 320 g/mol. The Hall–Kier alpha value is -1.43. The second-order valence-corrected chi connectivity index (χ2v) is 6.34. The van der Waals surface area contributed by atoms with Crippen LogP contribution in [0.5, 0.6) is 0 Å². The summed E-state index contributed by atoms with van der Waals surface area (Å²) >= 11 is 0. The van der Waals surface area contributed by atoms with Crippen molar-refractivity contribution in [2.45, 2.75) is 51.0 Å². The van der Waals surface area contributed by atoms with Gasteiger partial charge in [-0.25, -0.2) is 0 Å². The average Bonchev–Trinajstić information content (AvgIpc) is 3.09. The Labute approximate surface area is 138 Å². The van der Waals surface area contributed by atoms with Crippen LogP contribution < -0.4 is 10.6 Å². The molecule has 1 aliphatic heterocycles. The maximum absolute atomic E-state index is 12.5. The molecular formula is C18H28N2O3. The molecule has 128 valence electrons. The molecule has 1 aromatic rings. The SMILES string of the molecule is COC(C1CCCN1)[C@@H](C)C(=O)N[C@H](C)C(O)c1ccccc1. The van der Waals surface area contributed by atoms with Crippen molar-refractivity contribution in [1.29, 1.82) is 0 Å². The predicted octanol–water partition coefficient (Wildman–Crippen LogP) is 1.63. The predicted molar refractivity (Wildman–Crippen MR) is 90.0 cm³/mol. The van der Waals surface area contributed by atoms with Crippen molar-refractivity contribution < 1.29 is 14.6 Å². The molecule has 5 atom stereocenters. The van der Waals surface area contributed by atoms with Gasteiger partial charge in [-0.1, -0.05) is 37.3 Å². The van der Waals surface area contributed by atoms with Gasteiger partial charge in [0.15, 0.2) is 0 Å². The zero-order valence-corrected chi connectivity index (χ0v) is 14.2. The van der Waals surface area contributed by atoms with Gasteiger partial charge in [0.05, 0.1) is 24.2 Å². The first-order chi connectivity index (χ1) is 11.0. The molecule has 0 radical (unpaired) electrons. The molecule has 1 aromatic carbocycles. The van der Waals surface area contributed by atoms with Crippen molar-refractivity contribution in [3.63, 3.8) is 0 Å². The van der Waals surface area contributed by atoms with Crippen LogP contribution in [-0.4, -0.2) is 42.9 Å². The molecule has 3 unspecified atom stereocenters. The van der Waals surface area contributed by atoms with E-state index < -0.39 is 6.10 Å². The molecule has 0 spiro atoms. The number of ether oxygens (including phenoxy) is 1. The molecule has 5 nitrogen and oxygen atoms in total. The molecular weight excluding hydrogens is 292 g/mol. The molecule has 0 aliphatic carbocycles. The minimum atomic E-state index is -0.724. The minimum absolute atomic E-state index is 0.0898.